The van der Waals surface area contributed by atoms with Crippen molar-refractivity contribution in [3.63, 3.8) is 0 Å². The Hall–Kier alpha value is -1.33. The second kappa shape index (κ2) is 4.27. The number of methoxy groups -OCH3 is 1. The van der Waals surface area contributed by atoms with Gasteiger partial charge in [0.05, 0.1) is 19.8 Å². The third kappa shape index (κ3) is 2.10. The van der Waals surface area contributed by atoms with E-state index in [9.17, 15) is 4.79 Å². The first-order valence-electron chi connectivity index (χ1n) is 5.18. The number of carbonyl (C=O) groups is 1. The molecule has 1 aliphatic rings. The molecule has 2 heterocycles. The number of likely N-dealkylation sites (tertiary alicyclic amines) is 1. The molecule has 1 aromatic heterocycles. The number of esters is 1. The number of nitrogens with zero attached hydrogens (tertiary/aromatic N) is 1. The summed E-state index contributed by atoms with van der Waals surface area (Å²) < 4.78 is 10.1. The van der Waals surface area contributed by atoms with Crippen LogP contribution in [0.25, 0.3) is 0 Å². The van der Waals surface area contributed by atoms with E-state index in [-0.39, 0.29) is 12.1 Å². The third-order valence-electron chi connectivity index (χ3n) is 2.69. The molecule has 0 radical (unpaired) electrons. The molecule has 1 N–H and O–H groups in total. The number of carbonyl (C=O) groups excluding carboxylic acids is 1. The smallest absolute Gasteiger partial charge is 0.341 e. The van der Waals surface area contributed by atoms with Gasteiger partial charge in [0.15, 0.2) is 0 Å². The quantitative estimate of drug-likeness (QED) is 0.761. The first-order valence-corrected chi connectivity index (χ1v) is 5.18. The van der Waals surface area contributed by atoms with Crippen LogP contribution >= 0.6 is 0 Å². The van der Waals surface area contributed by atoms with Gasteiger partial charge in [0.2, 0.25) is 0 Å². The van der Waals surface area contributed by atoms with Crippen LogP contribution in [0.1, 0.15) is 21.9 Å². The molecule has 0 bridgehead atoms. The normalized spacial score (nSPS) is 17.2. The number of aliphatic hydroxyl groups is 1. The van der Waals surface area contributed by atoms with Gasteiger partial charge in [0.1, 0.15) is 17.1 Å². The monoisotopic (exact) mass is 225 g/mol. The summed E-state index contributed by atoms with van der Waals surface area (Å²) >= 11 is 0. The second-order valence-corrected chi connectivity index (χ2v) is 4.02. The van der Waals surface area contributed by atoms with Crippen LogP contribution in [0, 0.1) is 6.92 Å². The van der Waals surface area contributed by atoms with Gasteiger partial charge in [0.25, 0.3) is 0 Å². The Labute approximate surface area is 93.6 Å². The molecule has 1 aromatic rings. The van der Waals surface area contributed by atoms with Crippen LogP contribution < -0.4 is 0 Å². The Balaban J connectivity index is 2.03. The summed E-state index contributed by atoms with van der Waals surface area (Å²) in [6.07, 6.45) is -0.226. The molecule has 0 atom stereocenters. The second-order valence-electron chi connectivity index (χ2n) is 4.02. The lowest BCUT2D eigenvalue weighted by molar-refractivity contribution is -0.00637. The molecular formula is C11H15NO4. The molecule has 16 heavy (non-hydrogen) atoms. The van der Waals surface area contributed by atoms with E-state index in [1.807, 2.05) is 4.90 Å². The van der Waals surface area contributed by atoms with E-state index >= 15 is 0 Å². The summed E-state index contributed by atoms with van der Waals surface area (Å²) in [5.74, 6) is 0.920. The zero-order valence-corrected chi connectivity index (χ0v) is 9.40. The van der Waals surface area contributed by atoms with E-state index in [0.29, 0.717) is 31.0 Å². The van der Waals surface area contributed by atoms with Gasteiger partial charge < -0.3 is 14.3 Å². The van der Waals surface area contributed by atoms with Gasteiger partial charge in [0, 0.05) is 13.1 Å². The third-order valence-corrected chi connectivity index (χ3v) is 2.69. The Morgan fingerprint density at radius 3 is 2.94 bits per heavy atom. The van der Waals surface area contributed by atoms with Gasteiger partial charge in [-0.05, 0) is 13.0 Å². The molecule has 5 heteroatoms. The highest BCUT2D eigenvalue weighted by Crippen LogP contribution is 2.19. The van der Waals surface area contributed by atoms with E-state index in [1.165, 1.54) is 7.11 Å². The summed E-state index contributed by atoms with van der Waals surface area (Å²) in [5, 5.41) is 9.14. The van der Waals surface area contributed by atoms with Crippen molar-refractivity contribution >= 4 is 5.97 Å². The van der Waals surface area contributed by atoms with Gasteiger partial charge >= 0.3 is 5.97 Å². The Morgan fingerprint density at radius 2 is 2.38 bits per heavy atom. The van der Waals surface area contributed by atoms with E-state index in [0.717, 1.165) is 5.76 Å². The molecule has 1 saturated heterocycles. The molecule has 88 valence electrons. The fourth-order valence-corrected chi connectivity index (χ4v) is 1.83. The predicted octanol–water partition coefficient (Wildman–Crippen LogP) is 0.551. The average Bonchev–Trinajstić information content (AvgIpc) is 2.56. The van der Waals surface area contributed by atoms with Crippen molar-refractivity contribution in [3.05, 3.63) is 23.2 Å². The van der Waals surface area contributed by atoms with Gasteiger partial charge in [-0.15, -0.1) is 0 Å². The van der Waals surface area contributed by atoms with Crippen molar-refractivity contribution in [3.8, 4) is 0 Å². The molecule has 5 nitrogen and oxygen atoms in total. The molecule has 0 saturated carbocycles. The highest BCUT2D eigenvalue weighted by molar-refractivity contribution is 5.90. The molecule has 0 aliphatic carbocycles. The van der Waals surface area contributed by atoms with Crippen LogP contribution in [0.5, 0.6) is 0 Å². The first-order chi connectivity index (χ1) is 7.60. The fourth-order valence-electron chi connectivity index (χ4n) is 1.83. The Kier molecular flexibility index (Phi) is 2.98. The zero-order chi connectivity index (χ0) is 11.7. The molecule has 0 spiro atoms. The van der Waals surface area contributed by atoms with Crippen LogP contribution in [-0.2, 0) is 11.3 Å². The number of furan rings is 1. The average molecular weight is 225 g/mol. The highest BCUT2D eigenvalue weighted by Gasteiger charge is 2.26. The number of rotatable bonds is 3. The number of aliphatic hydroxyl groups excluding tert-OH is 1. The summed E-state index contributed by atoms with van der Waals surface area (Å²) in [6, 6.07) is 1.70. The molecule has 1 fully saturated rings. The van der Waals surface area contributed by atoms with Crippen molar-refractivity contribution in [2.24, 2.45) is 0 Å². The number of hydrogen-bond acceptors (Lipinski definition) is 5. The van der Waals surface area contributed by atoms with Gasteiger partial charge in [-0.2, -0.15) is 0 Å². The van der Waals surface area contributed by atoms with E-state index in [4.69, 9.17) is 9.52 Å². The molecule has 0 unspecified atom stereocenters. The van der Waals surface area contributed by atoms with E-state index in [2.05, 4.69) is 4.74 Å². The fraction of sp³-hybridized carbons (Fsp3) is 0.545. The summed E-state index contributed by atoms with van der Waals surface area (Å²) in [5.41, 5.74) is 0.471. The van der Waals surface area contributed by atoms with Crippen LogP contribution in [0.2, 0.25) is 0 Å². The topological polar surface area (TPSA) is 62.9 Å². The van der Waals surface area contributed by atoms with E-state index in [1.54, 1.807) is 13.0 Å². The summed E-state index contributed by atoms with van der Waals surface area (Å²) in [7, 11) is 1.35. The minimum absolute atomic E-state index is 0.226. The van der Waals surface area contributed by atoms with Gasteiger partial charge in [-0.1, -0.05) is 0 Å². The summed E-state index contributed by atoms with van der Waals surface area (Å²) in [4.78, 5) is 13.4. The molecular weight excluding hydrogens is 210 g/mol. The minimum atomic E-state index is -0.379. The van der Waals surface area contributed by atoms with Gasteiger partial charge in [-0.3, -0.25) is 4.90 Å². The first kappa shape index (κ1) is 11.2. The van der Waals surface area contributed by atoms with Crippen molar-refractivity contribution in [2.75, 3.05) is 20.2 Å². The van der Waals surface area contributed by atoms with E-state index < -0.39 is 0 Å². The number of hydrogen-bond donors (Lipinski definition) is 1. The molecule has 2 rings (SSSR count). The lowest BCUT2D eigenvalue weighted by atomic mass is 10.1. The predicted molar refractivity (Wildman–Crippen MR) is 56.1 cm³/mol. The van der Waals surface area contributed by atoms with Crippen molar-refractivity contribution < 1.29 is 19.1 Å². The maximum atomic E-state index is 11.3. The standard InChI is InChI=1S/C11H15NO4/c1-7-10(11(14)15-2)3-9(16-7)6-12-4-8(13)5-12/h3,8,13H,4-6H2,1-2H3. The maximum absolute atomic E-state index is 11.3. The van der Waals surface area contributed by atoms with Gasteiger partial charge in [-0.25, -0.2) is 4.79 Å². The molecule has 0 aromatic carbocycles. The highest BCUT2D eigenvalue weighted by atomic mass is 16.5. The number of ether oxygens (including phenoxy) is 1. The van der Waals surface area contributed by atoms with Crippen LogP contribution in [0.4, 0.5) is 0 Å². The zero-order valence-electron chi connectivity index (χ0n) is 9.40. The Morgan fingerprint density at radius 1 is 1.69 bits per heavy atom. The minimum Gasteiger partial charge on any atom is -0.465 e. The van der Waals surface area contributed by atoms with Crippen molar-refractivity contribution in [2.45, 2.75) is 19.6 Å². The van der Waals surface area contributed by atoms with Crippen LogP contribution in [-0.4, -0.2) is 42.3 Å². The van der Waals surface area contributed by atoms with Crippen LogP contribution in [0.3, 0.4) is 0 Å². The summed E-state index contributed by atoms with van der Waals surface area (Å²) in [6.45, 7) is 3.68. The molecule has 0 amide bonds. The van der Waals surface area contributed by atoms with Crippen LogP contribution in [0.15, 0.2) is 10.5 Å². The largest absolute Gasteiger partial charge is 0.465 e. The molecule has 1 aliphatic heterocycles. The number of β-amino-alcohol motifs (C(OH)–C–C–N with tert-alkyl or cyclic N) is 1. The lowest BCUT2D eigenvalue weighted by Gasteiger charge is -2.34. The van der Waals surface area contributed by atoms with Crippen molar-refractivity contribution in [1.82, 2.24) is 4.90 Å². The lowest BCUT2D eigenvalue weighted by Crippen LogP contribution is -2.49. The van der Waals surface area contributed by atoms with Crippen molar-refractivity contribution in [1.29, 1.82) is 0 Å². The SMILES string of the molecule is COC(=O)c1cc(CN2CC(O)C2)oc1C. The Bertz CT molecular complexity index is 393. The maximum Gasteiger partial charge on any atom is 0.341 e. The number of aryl methyl sites for hydroxylation is 1.